The molecule has 0 aromatic rings. The average molecular weight is 296 g/mol. The van der Waals surface area contributed by atoms with E-state index in [0.717, 1.165) is 65.1 Å². The van der Waals surface area contributed by atoms with Crippen molar-refractivity contribution < 1.29 is 9.59 Å². The van der Waals surface area contributed by atoms with Crippen molar-refractivity contribution in [2.45, 2.75) is 26.2 Å². The van der Waals surface area contributed by atoms with Crippen LogP contribution in [0.5, 0.6) is 0 Å². The molecule has 2 rings (SSSR count). The molecule has 6 nitrogen and oxygen atoms in total. The summed E-state index contributed by atoms with van der Waals surface area (Å²) in [4.78, 5) is 27.5. The van der Waals surface area contributed by atoms with Crippen molar-refractivity contribution in [2.75, 3.05) is 52.4 Å². The second kappa shape index (κ2) is 8.34. The number of carbonyl (C=O) groups is 2. The van der Waals surface area contributed by atoms with Crippen LogP contribution in [0.25, 0.3) is 0 Å². The minimum Gasteiger partial charge on any atom is -0.356 e. The summed E-state index contributed by atoms with van der Waals surface area (Å²) in [6.07, 6.45) is 3.18. The van der Waals surface area contributed by atoms with E-state index in [0.29, 0.717) is 12.5 Å². The number of nitrogens with one attached hydrogen (secondary N) is 2. The Hall–Kier alpha value is -1.14. The van der Waals surface area contributed by atoms with Gasteiger partial charge in [0.1, 0.15) is 0 Å². The number of hydrogen-bond donors (Lipinski definition) is 2. The van der Waals surface area contributed by atoms with E-state index in [4.69, 9.17) is 0 Å². The van der Waals surface area contributed by atoms with Crippen LogP contribution in [0, 0.1) is 5.92 Å². The van der Waals surface area contributed by atoms with Gasteiger partial charge >= 0.3 is 0 Å². The van der Waals surface area contributed by atoms with Gasteiger partial charge in [-0.25, -0.2) is 0 Å². The first-order chi connectivity index (χ1) is 10.1. The first kappa shape index (κ1) is 16.2. The Balaban J connectivity index is 1.67. The average Bonchev–Trinajstić information content (AvgIpc) is 2.75. The molecule has 0 aromatic heterocycles. The Bertz CT molecular complexity index is 346. The first-order valence-corrected chi connectivity index (χ1v) is 8.10. The van der Waals surface area contributed by atoms with Gasteiger partial charge in [-0.05, 0) is 44.8 Å². The molecule has 6 heteroatoms. The third-order valence-electron chi connectivity index (χ3n) is 4.40. The second-order valence-electron chi connectivity index (χ2n) is 6.14. The third kappa shape index (κ3) is 5.63. The summed E-state index contributed by atoms with van der Waals surface area (Å²) in [6.45, 7) is 8.43. The summed E-state index contributed by atoms with van der Waals surface area (Å²) in [7, 11) is 0. The Morgan fingerprint density at radius 3 is 2.62 bits per heavy atom. The van der Waals surface area contributed by atoms with Gasteiger partial charge in [0.25, 0.3) is 0 Å². The Kier molecular flexibility index (Phi) is 6.45. The van der Waals surface area contributed by atoms with Gasteiger partial charge in [-0.2, -0.15) is 0 Å². The van der Waals surface area contributed by atoms with Crippen molar-refractivity contribution in [3.8, 4) is 0 Å². The highest BCUT2D eigenvalue weighted by atomic mass is 16.2. The fraction of sp³-hybridized carbons (Fsp3) is 0.867. The van der Waals surface area contributed by atoms with Gasteiger partial charge in [0.2, 0.25) is 11.8 Å². The van der Waals surface area contributed by atoms with Crippen molar-refractivity contribution in [2.24, 2.45) is 5.92 Å². The van der Waals surface area contributed by atoms with E-state index in [9.17, 15) is 9.59 Å². The van der Waals surface area contributed by atoms with E-state index in [1.807, 2.05) is 4.90 Å². The van der Waals surface area contributed by atoms with E-state index in [2.05, 4.69) is 15.5 Å². The Labute approximate surface area is 127 Å². The maximum absolute atomic E-state index is 12.3. The topological polar surface area (TPSA) is 64.7 Å². The molecular formula is C15H28N4O2. The number of hydrogen-bond acceptors (Lipinski definition) is 4. The minimum atomic E-state index is 0.0439. The zero-order chi connectivity index (χ0) is 15.1. The maximum Gasteiger partial charge on any atom is 0.236 e. The molecule has 2 saturated heterocycles. The van der Waals surface area contributed by atoms with Crippen LogP contribution in [0.4, 0.5) is 0 Å². The molecule has 2 aliphatic rings. The maximum atomic E-state index is 12.3. The molecule has 2 aliphatic heterocycles. The van der Waals surface area contributed by atoms with Gasteiger partial charge in [0.05, 0.1) is 6.54 Å². The number of rotatable bonds is 4. The lowest BCUT2D eigenvalue weighted by atomic mass is 9.97. The Morgan fingerprint density at radius 1 is 1.14 bits per heavy atom. The van der Waals surface area contributed by atoms with Gasteiger partial charge in [-0.1, -0.05) is 0 Å². The highest BCUT2D eigenvalue weighted by Gasteiger charge is 2.23. The summed E-state index contributed by atoms with van der Waals surface area (Å²) >= 11 is 0. The van der Waals surface area contributed by atoms with Crippen LogP contribution < -0.4 is 10.6 Å². The van der Waals surface area contributed by atoms with Crippen molar-refractivity contribution in [3.63, 3.8) is 0 Å². The van der Waals surface area contributed by atoms with Crippen LogP contribution in [-0.4, -0.2) is 74.0 Å². The van der Waals surface area contributed by atoms with Gasteiger partial charge in [0, 0.05) is 33.1 Å². The Morgan fingerprint density at radius 2 is 1.90 bits per heavy atom. The van der Waals surface area contributed by atoms with Gasteiger partial charge in [0.15, 0.2) is 0 Å². The SMILES string of the molecule is CC(=O)NCC1CCN(CC(=O)N2CCCNCC2)CC1. The molecule has 2 fully saturated rings. The van der Waals surface area contributed by atoms with E-state index in [1.54, 1.807) is 6.92 Å². The summed E-state index contributed by atoms with van der Waals surface area (Å²) in [5, 5.41) is 6.21. The van der Waals surface area contributed by atoms with Gasteiger partial charge in [-0.3, -0.25) is 14.5 Å². The third-order valence-corrected chi connectivity index (χ3v) is 4.40. The summed E-state index contributed by atoms with van der Waals surface area (Å²) < 4.78 is 0. The first-order valence-electron chi connectivity index (χ1n) is 8.10. The van der Waals surface area contributed by atoms with Crippen molar-refractivity contribution in [1.82, 2.24) is 20.4 Å². The molecule has 0 saturated carbocycles. The zero-order valence-electron chi connectivity index (χ0n) is 13.1. The molecule has 120 valence electrons. The molecule has 2 N–H and O–H groups in total. The molecule has 0 atom stereocenters. The van der Waals surface area contributed by atoms with Gasteiger partial charge in [-0.15, -0.1) is 0 Å². The molecule has 2 heterocycles. The van der Waals surface area contributed by atoms with Crippen molar-refractivity contribution >= 4 is 11.8 Å². The molecule has 21 heavy (non-hydrogen) atoms. The standard InChI is InChI=1S/C15H28N4O2/c1-13(20)17-11-14-3-8-18(9-4-14)12-15(21)19-7-2-5-16-6-10-19/h14,16H,2-12H2,1H3,(H,17,20). The van der Waals surface area contributed by atoms with E-state index in [-0.39, 0.29) is 11.8 Å². The molecule has 2 amide bonds. The van der Waals surface area contributed by atoms with Gasteiger partial charge < -0.3 is 15.5 Å². The van der Waals surface area contributed by atoms with Crippen LogP contribution >= 0.6 is 0 Å². The van der Waals surface area contributed by atoms with E-state index in [1.165, 1.54) is 0 Å². The monoisotopic (exact) mass is 296 g/mol. The number of amides is 2. The van der Waals surface area contributed by atoms with E-state index >= 15 is 0 Å². The van der Waals surface area contributed by atoms with Crippen LogP contribution in [-0.2, 0) is 9.59 Å². The summed E-state index contributed by atoms with van der Waals surface area (Å²) in [5.74, 6) is 0.865. The minimum absolute atomic E-state index is 0.0439. The smallest absolute Gasteiger partial charge is 0.236 e. The van der Waals surface area contributed by atoms with E-state index < -0.39 is 0 Å². The van der Waals surface area contributed by atoms with Crippen molar-refractivity contribution in [3.05, 3.63) is 0 Å². The van der Waals surface area contributed by atoms with Crippen LogP contribution in [0.1, 0.15) is 26.2 Å². The zero-order valence-corrected chi connectivity index (χ0v) is 13.1. The highest BCUT2D eigenvalue weighted by Crippen LogP contribution is 2.16. The lowest BCUT2D eigenvalue weighted by Gasteiger charge is -2.33. The number of nitrogens with zero attached hydrogens (tertiary/aromatic N) is 2. The number of carbonyl (C=O) groups excluding carboxylic acids is 2. The highest BCUT2D eigenvalue weighted by molar-refractivity contribution is 5.78. The normalized spacial score (nSPS) is 21.9. The lowest BCUT2D eigenvalue weighted by molar-refractivity contribution is -0.132. The number of piperidine rings is 1. The fourth-order valence-electron chi connectivity index (χ4n) is 3.02. The molecule has 0 aliphatic carbocycles. The number of likely N-dealkylation sites (tertiary alicyclic amines) is 1. The van der Waals surface area contributed by atoms with Crippen LogP contribution in [0.3, 0.4) is 0 Å². The molecule has 0 unspecified atom stereocenters. The molecule has 0 spiro atoms. The molecule has 0 radical (unpaired) electrons. The van der Waals surface area contributed by atoms with Crippen LogP contribution in [0.2, 0.25) is 0 Å². The molecule has 0 bridgehead atoms. The second-order valence-corrected chi connectivity index (χ2v) is 6.14. The predicted octanol–water partition coefficient (Wildman–Crippen LogP) is -0.344. The van der Waals surface area contributed by atoms with Crippen LogP contribution in [0.15, 0.2) is 0 Å². The summed E-state index contributed by atoms with van der Waals surface area (Å²) in [6, 6.07) is 0. The quantitative estimate of drug-likeness (QED) is 0.745. The summed E-state index contributed by atoms with van der Waals surface area (Å²) in [5.41, 5.74) is 0. The fourth-order valence-corrected chi connectivity index (χ4v) is 3.02. The predicted molar refractivity (Wildman–Crippen MR) is 81.9 cm³/mol. The molecule has 0 aromatic carbocycles. The lowest BCUT2D eigenvalue weighted by Crippen LogP contribution is -2.45. The molecular weight excluding hydrogens is 268 g/mol. The largest absolute Gasteiger partial charge is 0.356 e. The van der Waals surface area contributed by atoms with Crippen molar-refractivity contribution in [1.29, 1.82) is 0 Å².